The van der Waals surface area contributed by atoms with Crippen LogP contribution in [0.1, 0.15) is 27.4 Å². The summed E-state index contributed by atoms with van der Waals surface area (Å²) >= 11 is 1.61. The molecular weight excluding hydrogens is 368 g/mol. The molecule has 1 heterocycles. The molecule has 0 aliphatic carbocycles. The maximum absolute atomic E-state index is 12.4. The minimum atomic E-state index is -0.0372. The first-order valence-corrected chi connectivity index (χ1v) is 10.00. The van der Waals surface area contributed by atoms with Crippen molar-refractivity contribution in [1.82, 2.24) is 9.88 Å². The summed E-state index contributed by atoms with van der Waals surface area (Å²) in [6.45, 7) is 5.05. The van der Waals surface area contributed by atoms with Crippen LogP contribution in [-0.2, 0) is 17.9 Å². The number of hydrogen-bond acceptors (Lipinski definition) is 4. The van der Waals surface area contributed by atoms with E-state index < -0.39 is 0 Å². The van der Waals surface area contributed by atoms with Gasteiger partial charge in [0.25, 0.3) is 0 Å². The number of carbonyl (C=O) groups is 1. The molecule has 4 nitrogen and oxygen atoms in total. The van der Waals surface area contributed by atoms with Crippen molar-refractivity contribution >= 4 is 23.3 Å². The van der Waals surface area contributed by atoms with E-state index >= 15 is 0 Å². The van der Waals surface area contributed by atoms with Crippen LogP contribution >= 0.6 is 11.3 Å². The number of thiazole rings is 1. The lowest BCUT2D eigenvalue weighted by atomic mass is 10.1. The molecule has 0 atom stereocenters. The minimum absolute atomic E-state index is 0.0372. The van der Waals surface area contributed by atoms with Crippen LogP contribution in [0.15, 0.2) is 60.0 Å². The van der Waals surface area contributed by atoms with Gasteiger partial charge in [-0.25, -0.2) is 4.98 Å². The highest BCUT2D eigenvalue weighted by atomic mass is 32.1. The summed E-state index contributed by atoms with van der Waals surface area (Å²) in [6.07, 6.45) is 3.41. The van der Waals surface area contributed by atoms with Crippen molar-refractivity contribution in [3.63, 3.8) is 0 Å². The van der Waals surface area contributed by atoms with Gasteiger partial charge in [0.1, 0.15) is 12.4 Å². The fourth-order valence-corrected chi connectivity index (χ4v) is 3.28. The van der Waals surface area contributed by atoms with Gasteiger partial charge in [-0.2, -0.15) is 0 Å². The van der Waals surface area contributed by atoms with Crippen molar-refractivity contribution in [3.8, 4) is 5.75 Å². The van der Waals surface area contributed by atoms with Gasteiger partial charge < -0.3 is 9.64 Å². The van der Waals surface area contributed by atoms with Crippen LogP contribution in [0.25, 0.3) is 6.08 Å². The lowest BCUT2D eigenvalue weighted by Gasteiger charge is -2.15. The van der Waals surface area contributed by atoms with Crippen LogP contribution in [0.4, 0.5) is 0 Å². The van der Waals surface area contributed by atoms with Crippen LogP contribution in [0.3, 0.4) is 0 Å². The largest absolute Gasteiger partial charge is 0.487 e. The normalized spacial score (nSPS) is 11.0. The average Bonchev–Trinajstić information content (AvgIpc) is 3.12. The fraction of sp³-hybridized carbons (Fsp3) is 0.217. The Balaban J connectivity index is 1.56. The van der Waals surface area contributed by atoms with E-state index in [4.69, 9.17) is 4.74 Å². The highest BCUT2D eigenvalue weighted by Crippen LogP contribution is 2.17. The van der Waals surface area contributed by atoms with E-state index in [1.807, 2.05) is 61.8 Å². The summed E-state index contributed by atoms with van der Waals surface area (Å²) in [7, 11) is 1.81. The topological polar surface area (TPSA) is 42.4 Å². The molecule has 0 saturated carbocycles. The number of benzene rings is 2. The van der Waals surface area contributed by atoms with Crippen molar-refractivity contribution in [2.45, 2.75) is 27.0 Å². The number of amides is 1. The third kappa shape index (κ3) is 5.79. The smallest absolute Gasteiger partial charge is 0.246 e. The van der Waals surface area contributed by atoms with Gasteiger partial charge >= 0.3 is 0 Å². The second-order valence-electron chi connectivity index (χ2n) is 6.73. The summed E-state index contributed by atoms with van der Waals surface area (Å²) in [4.78, 5) is 18.5. The summed E-state index contributed by atoms with van der Waals surface area (Å²) in [5, 5.41) is 3.03. The van der Waals surface area contributed by atoms with Crippen molar-refractivity contribution in [2.75, 3.05) is 7.05 Å². The Hall–Kier alpha value is -2.92. The number of hydrogen-bond donors (Lipinski definition) is 0. The molecule has 0 bridgehead atoms. The summed E-state index contributed by atoms with van der Waals surface area (Å²) in [5.41, 5.74) is 4.17. The molecule has 28 heavy (non-hydrogen) atoms. The molecule has 0 N–H and O–H groups in total. The van der Waals surface area contributed by atoms with Crippen molar-refractivity contribution in [3.05, 3.63) is 87.4 Å². The molecule has 5 heteroatoms. The Labute approximate surface area is 170 Å². The third-order valence-electron chi connectivity index (χ3n) is 4.25. The number of ether oxygens (including phenoxy) is 1. The summed E-state index contributed by atoms with van der Waals surface area (Å²) in [5.74, 6) is 0.720. The monoisotopic (exact) mass is 392 g/mol. The second kappa shape index (κ2) is 9.33. The Morgan fingerprint density at radius 3 is 2.68 bits per heavy atom. The molecule has 3 aromatic rings. The molecule has 0 spiro atoms. The Kier molecular flexibility index (Phi) is 6.61. The minimum Gasteiger partial charge on any atom is -0.487 e. The molecule has 0 saturated heterocycles. The summed E-state index contributed by atoms with van der Waals surface area (Å²) < 4.78 is 5.80. The average molecular weight is 393 g/mol. The van der Waals surface area contributed by atoms with Gasteiger partial charge in [-0.05, 0) is 43.2 Å². The van der Waals surface area contributed by atoms with Crippen LogP contribution in [-0.4, -0.2) is 22.8 Å². The maximum atomic E-state index is 12.4. The zero-order valence-electron chi connectivity index (χ0n) is 16.4. The van der Waals surface area contributed by atoms with Crippen LogP contribution in [0, 0.1) is 13.8 Å². The lowest BCUT2D eigenvalue weighted by molar-refractivity contribution is -0.125. The van der Waals surface area contributed by atoms with Gasteiger partial charge in [0.15, 0.2) is 0 Å². The summed E-state index contributed by atoms with van der Waals surface area (Å²) in [6, 6.07) is 15.9. The molecule has 1 amide bonds. The molecule has 1 aromatic heterocycles. The number of aryl methyl sites for hydroxylation is 2. The molecule has 3 rings (SSSR count). The number of nitrogens with zero attached hydrogens (tertiary/aromatic N) is 2. The first-order chi connectivity index (χ1) is 13.5. The lowest BCUT2D eigenvalue weighted by Crippen LogP contribution is -2.24. The van der Waals surface area contributed by atoms with Gasteiger partial charge in [0, 0.05) is 25.0 Å². The van der Waals surface area contributed by atoms with Crippen molar-refractivity contribution in [2.24, 2.45) is 0 Å². The number of likely N-dealkylation sites (N-methyl/N-ethyl adjacent to an activating group) is 1. The molecule has 0 fully saturated rings. The van der Waals surface area contributed by atoms with Gasteiger partial charge in [-0.3, -0.25) is 4.79 Å². The van der Waals surface area contributed by atoms with Crippen LogP contribution in [0.2, 0.25) is 0 Å². The Morgan fingerprint density at radius 2 is 1.96 bits per heavy atom. The van der Waals surface area contributed by atoms with E-state index in [1.165, 1.54) is 5.56 Å². The second-order valence-corrected chi connectivity index (χ2v) is 7.79. The van der Waals surface area contributed by atoms with Gasteiger partial charge in [0.05, 0.1) is 10.7 Å². The molecule has 0 radical (unpaired) electrons. The quantitative estimate of drug-likeness (QED) is 0.531. The van der Waals surface area contributed by atoms with Gasteiger partial charge in [-0.15, -0.1) is 11.3 Å². The SMILES string of the molecule is Cc1ccc(CN(C)C(=O)C=Cc2cccc(OCc3csc(C)n3)c2)cc1. The zero-order chi connectivity index (χ0) is 19.9. The standard InChI is InChI=1S/C23H24N2O2S/c1-17-7-9-20(10-8-17)14-25(3)23(26)12-11-19-5-4-6-22(13-19)27-15-21-16-28-18(2)24-21/h4-13,16H,14-15H2,1-3H3. The number of rotatable bonds is 7. The van der Waals surface area contributed by atoms with E-state index in [-0.39, 0.29) is 5.91 Å². The first kappa shape index (κ1) is 19.8. The molecule has 0 aliphatic rings. The maximum Gasteiger partial charge on any atom is 0.246 e. The molecule has 2 aromatic carbocycles. The molecule has 0 unspecified atom stereocenters. The fourth-order valence-electron chi connectivity index (χ4n) is 2.68. The highest BCUT2D eigenvalue weighted by molar-refractivity contribution is 7.09. The van der Waals surface area contributed by atoms with E-state index in [9.17, 15) is 4.79 Å². The van der Waals surface area contributed by atoms with Gasteiger partial charge in [0.2, 0.25) is 5.91 Å². The predicted molar refractivity (Wildman–Crippen MR) is 114 cm³/mol. The Bertz CT molecular complexity index is 961. The van der Waals surface area contributed by atoms with Crippen LogP contribution < -0.4 is 4.74 Å². The number of aromatic nitrogens is 1. The third-order valence-corrected chi connectivity index (χ3v) is 5.07. The first-order valence-electron chi connectivity index (χ1n) is 9.12. The molecule has 0 aliphatic heterocycles. The predicted octanol–water partition coefficient (Wildman–Crippen LogP) is 5.01. The molecular formula is C23H24N2O2S. The van der Waals surface area contributed by atoms with E-state index in [1.54, 1.807) is 22.3 Å². The highest BCUT2D eigenvalue weighted by Gasteiger charge is 2.06. The van der Waals surface area contributed by atoms with E-state index in [0.29, 0.717) is 13.2 Å². The van der Waals surface area contributed by atoms with Crippen molar-refractivity contribution < 1.29 is 9.53 Å². The van der Waals surface area contributed by atoms with Crippen LogP contribution in [0.5, 0.6) is 5.75 Å². The zero-order valence-corrected chi connectivity index (χ0v) is 17.2. The van der Waals surface area contributed by atoms with E-state index in [0.717, 1.165) is 27.6 Å². The number of carbonyl (C=O) groups excluding carboxylic acids is 1. The molecule has 144 valence electrons. The van der Waals surface area contributed by atoms with E-state index in [2.05, 4.69) is 24.0 Å². The Morgan fingerprint density at radius 1 is 1.18 bits per heavy atom. The van der Waals surface area contributed by atoms with Gasteiger partial charge in [-0.1, -0.05) is 42.0 Å². The van der Waals surface area contributed by atoms with Crippen molar-refractivity contribution in [1.29, 1.82) is 0 Å².